The summed E-state index contributed by atoms with van der Waals surface area (Å²) in [6.07, 6.45) is 0.190. The zero-order valence-electron chi connectivity index (χ0n) is 11.9. The van der Waals surface area contributed by atoms with Crippen molar-refractivity contribution in [1.29, 1.82) is 0 Å². The fraction of sp³-hybridized carbons (Fsp3) is 0.500. The van der Waals surface area contributed by atoms with Gasteiger partial charge in [0.25, 0.3) is 0 Å². The second-order valence-corrected chi connectivity index (χ2v) is 6.17. The molecular formula is C14H19NO4S. The maximum absolute atomic E-state index is 12.0. The monoisotopic (exact) mass is 297 g/mol. The number of amides is 1. The van der Waals surface area contributed by atoms with E-state index < -0.39 is 5.97 Å². The smallest absolute Gasteiger partial charge is 0.305 e. The lowest BCUT2D eigenvalue weighted by atomic mass is 10.1. The van der Waals surface area contributed by atoms with Gasteiger partial charge in [0.15, 0.2) is 5.78 Å². The summed E-state index contributed by atoms with van der Waals surface area (Å²) < 4.78 is 0. The Morgan fingerprint density at radius 2 is 1.85 bits per heavy atom. The predicted octanol–water partition coefficient (Wildman–Crippen LogP) is 2.26. The van der Waals surface area contributed by atoms with E-state index in [0.717, 1.165) is 9.75 Å². The van der Waals surface area contributed by atoms with Crippen LogP contribution in [0.5, 0.6) is 0 Å². The van der Waals surface area contributed by atoms with E-state index >= 15 is 0 Å². The molecule has 0 saturated carbocycles. The van der Waals surface area contributed by atoms with Crippen molar-refractivity contribution in [3.63, 3.8) is 0 Å². The lowest BCUT2D eigenvalue weighted by Gasteiger charge is -2.15. The maximum Gasteiger partial charge on any atom is 0.305 e. The number of carboxylic acid groups (broad SMARTS) is 1. The molecule has 1 heterocycles. The standard InChI is InChI=1S/C14H19NO4S/c1-9-8-11(10(2)20-9)12(16)4-5-13(17)15(3)7-6-14(18)19/h8H,4-7H2,1-3H3,(H,18,19). The summed E-state index contributed by atoms with van der Waals surface area (Å²) in [7, 11) is 1.55. The summed E-state index contributed by atoms with van der Waals surface area (Å²) in [5, 5.41) is 8.55. The normalized spacial score (nSPS) is 10.3. The third kappa shape index (κ3) is 4.77. The van der Waals surface area contributed by atoms with Gasteiger partial charge in [-0.2, -0.15) is 0 Å². The van der Waals surface area contributed by atoms with Gasteiger partial charge in [-0.05, 0) is 19.9 Å². The topological polar surface area (TPSA) is 74.7 Å². The average molecular weight is 297 g/mol. The molecule has 0 unspecified atom stereocenters. The average Bonchev–Trinajstić information content (AvgIpc) is 2.71. The van der Waals surface area contributed by atoms with Crippen LogP contribution in [-0.4, -0.2) is 41.3 Å². The molecule has 0 aliphatic rings. The number of carbonyl (C=O) groups is 3. The van der Waals surface area contributed by atoms with Crippen molar-refractivity contribution in [2.24, 2.45) is 0 Å². The summed E-state index contributed by atoms with van der Waals surface area (Å²) >= 11 is 1.57. The highest BCUT2D eigenvalue weighted by atomic mass is 32.1. The molecule has 110 valence electrons. The number of carboxylic acids is 1. The minimum atomic E-state index is -0.940. The highest BCUT2D eigenvalue weighted by Gasteiger charge is 2.16. The first kappa shape index (κ1) is 16.4. The van der Waals surface area contributed by atoms with E-state index in [9.17, 15) is 14.4 Å². The van der Waals surface area contributed by atoms with Crippen LogP contribution in [0.25, 0.3) is 0 Å². The first-order chi connectivity index (χ1) is 9.31. The van der Waals surface area contributed by atoms with E-state index in [1.165, 1.54) is 4.90 Å². The number of ketones is 1. The number of aryl methyl sites for hydroxylation is 2. The van der Waals surface area contributed by atoms with Gasteiger partial charge in [0.1, 0.15) is 0 Å². The minimum absolute atomic E-state index is 0.0353. The fourth-order valence-corrected chi connectivity index (χ4v) is 2.78. The molecule has 0 saturated heterocycles. The Hall–Kier alpha value is -1.69. The van der Waals surface area contributed by atoms with Gasteiger partial charge in [-0.3, -0.25) is 14.4 Å². The highest BCUT2D eigenvalue weighted by Crippen LogP contribution is 2.22. The zero-order valence-corrected chi connectivity index (χ0v) is 12.7. The molecule has 1 N–H and O–H groups in total. The van der Waals surface area contributed by atoms with Crippen molar-refractivity contribution < 1.29 is 19.5 Å². The van der Waals surface area contributed by atoms with E-state index in [2.05, 4.69) is 0 Å². The lowest BCUT2D eigenvalue weighted by Crippen LogP contribution is -2.29. The number of hydrogen-bond acceptors (Lipinski definition) is 4. The third-order valence-electron chi connectivity index (χ3n) is 2.99. The number of Topliss-reactive ketones (excluding diaryl/α,β-unsaturated/α-hetero) is 1. The van der Waals surface area contributed by atoms with Crippen molar-refractivity contribution in [3.8, 4) is 0 Å². The van der Waals surface area contributed by atoms with Crippen LogP contribution >= 0.6 is 11.3 Å². The van der Waals surface area contributed by atoms with E-state index in [4.69, 9.17) is 5.11 Å². The molecule has 0 aliphatic carbocycles. The van der Waals surface area contributed by atoms with Crippen molar-refractivity contribution in [2.75, 3.05) is 13.6 Å². The SMILES string of the molecule is Cc1cc(C(=O)CCC(=O)N(C)CCC(=O)O)c(C)s1. The second kappa shape index (κ2) is 7.19. The first-order valence-electron chi connectivity index (χ1n) is 6.37. The summed E-state index contributed by atoms with van der Waals surface area (Å²) in [4.78, 5) is 37.6. The molecule has 1 amide bonds. The number of rotatable bonds is 7. The molecular weight excluding hydrogens is 278 g/mol. The molecule has 20 heavy (non-hydrogen) atoms. The van der Waals surface area contributed by atoms with Crippen molar-refractivity contribution in [2.45, 2.75) is 33.1 Å². The third-order valence-corrected chi connectivity index (χ3v) is 3.96. The Balaban J connectivity index is 2.46. The van der Waals surface area contributed by atoms with Crippen molar-refractivity contribution >= 4 is 29.0 Å². The Bertz CT molecular complexity index is 521. The van der Waals surface area contributed by atoms with Crippen molar-refractivity contribution in [3.05, 3.63) is 21.4 Å². The van der Waals surface area contributed by atoms with Gasteiger partial charge < -0.3 is 10.0 Å². The molecule has 1 rings (SSSR count). The minimum Gasteiger partial charge on any atom is -0.481 e. The molecule has 0 aromatic carbocycles. The molecule has 0 aliphatic heterocycles. The van der Waals surface area contributed by atoms with Gasteiger partial charge in [0.05, 0.1) is 6.42 Å². The molecule has 5 nitrogen and oxygen atoms in total. The van der Waals surface area contributed by atoms with Crippen LogP contribution in [0.3, 0.4) is 0 Å². The van der Waals surface area contributed by atoms with Crippen LogP contribution in [0.1, 0.15) is 39.4 Å². The Morgan fingerprint density at radius 1 is 1.20 bits per heavy atom. The Labute approximate surface area is 122 Å². The maximum atomic E-state index is 12.0. The van der Waals surface area contributed by atoms with Gasteiger partial charge in [0, 0.05) is 41.8 Å². The molecule has 1 aromatic heterocycles. The van der Waals surface area contributed by atoms with Crippen molar-refractivity contribution in [1.82, 2.24) is 4.90 Å². The lowest BCUT2D eigenvalue weighted by molar-refractivity contribution is -0.138. The van der Waals surface area contributed by atoms with Crippen LogP contribution in [0, 0.1) is 13.8 Å². The van der Waals surface area contributed by atoms with Crippen LogP contribution in [0.15, 0.2) is 6.07 Å². The first-order valence-corrected chi connectivity index (χ1v) is 7.19. The Morgan fingerprint density at radius 3 is 2.35 bits per heavy atom. The highest BCUT2D eigenvalue weighted by molar-refractivity contribution is 7.12. The van der Waals surface area contributed by atoms with Gasteiger partial charge in [0.2, 0.25) is 5.91 Å². The summed E-state index contributed by atoms with van der Waals surface area (Å²) in [5.74, 6) is -1.18. The molecule has 0 bridgehead atoms. The van der Waals surface area contributed by atoms with E-state index in [-0.39, 0.29) is 37.5 Å². The van der Waals surface area contributed by atoms with Crippen LogP contribution in [-0.2, 0) is 9.59 Å². The van der Waals surface area contributed by atoms with Gasteiger partial charge in [-0.15, -0.1) is 11.3 Å². The summed E-state index contributed by atoms with van der Waals surface area (Å²) in [6.45, 7) is 4.00. The van der Waals surface area contributed by atoms with E-state index in [1.807, 2.05) is 19.9 Å². The molecule has 0 radical (unpaired) electrons. The Kier molecular flexibility index (Phi) is 5.88. The number of thiophene rings is 1. The number of nitrogens with zero attached hydrogens (tertiary/aromatic N) is 1. The second-order valence-electron chi connectivity index (χ2n) is 4.71. The number of hydrogen-bond donors (Lipinski definition) is 1. The fourth-order valence-electron chi connectivity index (χ4n) is 1.84. The van der Waals surface area contributed by atoms with Crippen LogP contribution < -0.4 is 0 Å². The van der Waals surface area contributed by atoms with Gasteiger partial charge in [-0.25, -0.2) is 0 Å². The predicted molar refractivity (Wildman–Crippen MR) is 77.2 cm³/mol. The van der Waals surface area contributed by atoms with E-state index in [1.54, 1.807) is 18.4 Å². The molecule has 6 heteroatoms. The van der Waals surface area contributed by atoms with Gasteiger partial charge >= 0.3 is 5.97 Å². The molecule has 0 spiro atoms. The zero-order chi connectivity index (χ0) is 15.3. The molecule has 0 atom stereocenters. The molecule has 1 aromatic rings. The quantitative estimate of drug-likeness (QED) is 0.783. The van der Waals surface area contributed by atoms with E-state index in [0.29, 0.717) is 5.56 Å². The summed E-state index contributed by atoms with van der Waals surface area (Å²) in [6, 6.07) is 1.85. The number of carbonyl (C=O) groups excluding carboxylic acids is 2. The van der Waals surface area contributed by atoms with Crippen LogP contribution in [0.4, 0.5) is 0 Å². The summed E-state index contributed by atoms with van der Waals surface area (Å²) in [5.41, 5.74) is 0.688. The molecule has 0 fully saturated rings. The van der Waals surface area contributed by atoms with Gasteiger partial charge in [-0.1, -0.05) is 0 Å². The van der Waals surface area contributed by atoms with Crippen LogP contribution in [0.2, 0.25) is 0 Å². The number of aliphatic carboxylic acids is 1. The largest absolute Gasteiger partial charge is 0.481 e.